The molecule has 8 atom stereocenters. The lowest BCUT2D eigenvalue weighted by molar-refractivity contribution is -0.167. The summed E-state index contributed by atoms with van der Waals surface area (Å²) < 4.78 is 123. The van der Waals surface area contributed by atoms with Gasteiger partial charge in [0.25, 0.3) is 43.7 Å². The average Bonchev–Trinajstić information content (AvgIpc) is 1.44. The van der Waals surface area contributed by atoms with Gasteiger partial charge in [0.05, 0.1) is 98.1 Å². The maximum atomic E-state index is 16.7. The number of nitrogens with zero attached hydrogens (tertiary/aromatic N) is 6. The molecule has 4 aromatic rings. The molecule has 0 aliphatic carbocycles. The van der Waals surface area contributed by atoms with Gasteiger partial charge in [-0.2, -0.15) is 0 Å². The Morgan fingerprint density at radius 2 is 0.759 bits per heavy atom. The Kier molecular flexibility index (Phi) is 26.4. The number of ether oxygens (including phenoxy) is 10. The van der Waals surface area contributed by atoms with E-state index < -0.39 is 148 Å². The van der Waals surface area contributed by atoms with Crippen LogP contribution in [-0.2, 0) is 107 Å². The number of benzene rings is 4. The second-order valence-corrected chi connectivity index (χ2v) is 39.5. The number of alkyl carbamates (subject to hydrolysis) is 2. The molecule has 1 unspecified atom stereocenters. The molecular formula is C76H96N10O24S6. The number of hydrogen-bond donors (Lipinski definition) is 4. The van der Waals surface area contributed by atoms with Crippen LogP contribution >= 0.6 is 43.2 Å². The third-order valence-corrected chi connectivity index (χ3v) is 31.7. The normalized spacial score (nSPS) is 24.7. The summed E-state index contributed by atoms with van der Waals surface area (Å²) in [6.07, 6.45) is -7.08. The van der Waals surface area contributed by atoms with E-state index in [0.29, 0.717) is 12.8 Å². The highest BCUT2D eigenvalue weighted by Gasteiger charge is 2.90. The molecular weight excluding hydrogens is 1630 g/mol. The molecule has 10 heterocycles. The third kappa shape index (κ3) is 16.5. The second kappa shape index (κ2) is 35.2. The van der Waals surface area contributed by atoms with E-state index in [4.69, 9.17) is 47.4 Å². The molecule has 8 amide bonds. The Morgan fingerprint density at radius 1 is 0.422 bits per heavy atom. The van der Waals surface area contributed by atoms with Crippen molar-refractivity contribution >= 4 is 135 Å². The van der Waals surface area contributed by atoms with Gasteiger partial charge in [-0.25, -0.2) is 44.6 Å². The number of amides is 8. The number of anilines is 2. The molecule has 8 saturated heterocycles. The van der Waals surface area contributed by atoms with Crippen LogP contribution in [0, 0.1) is 0 Å². The minimum Gasteiger partial charge on any atom is -0.444 e. The topological polar surface area (TPSA) is 399 Å². The highest BCUT2D eigenvalue weighted by molar-refractivity contribution is 8.78. The Bertz CT molecular complexity index is 4320. The first kappa shape index (κ1) is 86.8. The highest BCUT2D eigenvalue weighted by atomic mass is 33.1. The molecule has 0 aromatic heterocycles. The maximum absolute atomic E-state index is 16.7. The van der Waals surface area contributed by atoms with Crippen molar-refractivity contribution in [1.29, 1.82) is 0 Å². The van der Waals surface area contributed by atoms with Crippen molar-refractivity contribution < 1.29 is 112 Å². The van der Waals surface area contributed by atoms with E-state index in [0.717, 1.165) is 61.6 Å². The molecule has 4 aromatic carbocycles. The lowest BCUT2D eigenvalue weighted by atomic mass is 9.54. The van der Waals surface area contributed by atoms with Gasteiger partial charge in [0.15, 0.2) is 9.74 Å². The fraction of sp³-hybridized carbons (Fsp3) is 0.553. The molecule has 2 spiro atoms. The van der Waals surface area contributed by atoms with Crippen LogP contribution in [0.2, 0.25) is 0 Å². The van der Waals surface area contributed by atoms with Crippen molar-refractivity contribution in [1.82, 2.24) is 40.9 Å². The van der Waals surface area contributed by atoms with E-state index in [2.05, 4.69) is 21.3 Å². The molecule has 0 radical (unpaired) electrons. The highest BCUT2D eigenvalue weighted by Crippen LogP contribution is 2.81. The first-order valence-electron chi connectivity index (χ1n) is 37.9. The lowest BCUT2D eigenvalue weighted by Crippen LogP contribution is -2.78. The molecule has 0 saturated carbocycles. The SMILES string of the molecule is CN1C(=O)[C@@]23CC4([C@]56C[C@@]78SS[C@](COC(=O)OCCCCC(=O)NCCOCCOCCNC(=O)OC(C)(C)C)(C(=O)N7[C@H]5N(S(=O)(=O)c5ccccc5)c5ccccc56)N(C)C8=O)c5ccccc5N(S(=O)(=O)c5ccccc5)[C@@H]4N2C(=O)[C@@]1(COC(=O)OCCCCC(=O)NCCOCCOCCNC(=O)OC(C)(C)C)SS3. The molecule has 10 aliphatic rings. The van der Waals surface area contributed by atoms with Crippen LogP contribution in [0.1, 0.15) is 104 Å². The molecule has 4 N–H and O–H groups in total. The number of likely N-dealkylation sites (N-methyl/N-ethyl adjacent to an activating group) is 2. The monoisotopic (exact) mass is 1720 g/mol. The number of rotatable bonds is 37. The zero-order valence-corrected chi connectivity index (χ0v) is 70.3. The third-order valence-electron chi connectivity index (χ3n) is 20.9. The van der Waals surface area contributed by atoms with Crippen molar-refractivity contribution in [2.24, 2.45) is 0 Å². The molecule has 116 heavy (non-hydrogen) atoms. The number of hydrogen-bond acceptors (Lipinski definition) is 28. The zero-order chi connectivity index (χ0) is 83.3. The minimum absolute atomic E-state index is 0.0282. The number of fused-ring (bicyclic) bond motifs is 11. The van der Waals surface area contributed by atoms with Crippen LogP contribution in [0.25, 0.3) is 0 Å². The first-order valence-corrected chi connectivity index (χ1v) is 45.1. The lowest BCUT2D eigenvalue weighted by Gasteiger charge is -2.58. The van der Waals surface area contributed by atoms with Gasteiger partial charge in [-0.05, 0) is 136 Å². The molecule has 630 valence electrons. The molecule has 10 aliphatic heterocycles. The van der Waals surface area contributed by atoms with E-state index in [1.165, 1.54) is 72.4 Å². The van der Waals surface area contributed by atoms with Gasteiger partial charge in [-0.1, -0.05) is 94.4 Å². The number of carbonyl (C=O) groups is 10. The van der Waals surface area contributed by atoms with Crippen LogP contribution in [0.5, 0.6) is 0 Å². The molecule has 34 nitrogen and oxygen atoms in total. The van der Waals surface area contributed by atoms with Crippen LogP contribution < -0.4 is 29.9 Å². The zero-order valence-electron chi connectivity index (χ0n) is 65.4. The number of carbonyl (C=O) groups excluding carboxylic acids is 10. The maximum Gasteiger partial charge on any atom is 0.508 e. The van der Waals surface area contributed by atoms with E-state index in [1.54, 1.807) is 102 Å². The summed E-state index contributed by atoms with van der Waals surface area (Å²) in [4.78, 5) is 138. The van der Waals surface area contributed by atoms with E-state index in [9.17, 15) is 28.8 Å². The van der Waals surface area contributed by atoms with Gasteiger partial charge in [0.2, 0.25) is 21.6 Å². The quantitative estimate of drug-likeness (QED) is 0.0154. The Labute approximate surface area is 688 Å². The minimum atomic E-state index is -4.94. The van der Waals surface area contributed by atoms with Gasteiger partial charge < -0.3 is 78.4 Å². The molecule has 4 bridgehead atoms. The van der Waals surface area contributed by atoms with E-state index in [1.807, 2.05) is 0 Å². The average molecular weight is 1730 g/mol. The fourth-order valence-corrected chi connectivity index (χ4v) is 26.6. The Morgan fingerprint density at radius 3 is 1.11 bits per heavy atom. The van der Waals surface area contributed by atoms with Crippen LogP contribution in [0.4, 0.5) is 30.6 Å². The Balaban J connectivity index is 0.770. The van der Waals surface area contributed by atoms with Gasteiger partial charge in [0.1, 0.15) is 36.7 Å². The number of para-hydroxylation sites is 2. The summed E-state index contributed by atoms with van der Waals surface area (Å²) in [5.74, 6) is -3.78. The van der Waals surface area contributed by atoms with Crippen molar-refractivity contribution in [3.8, 4) is 0 Å². The fourth-order valence-electron chi connectivity index (χ4n) is 15.9. The van der Waals surface area contributed by atoms with Gasteiger partial charge in [-0.15, -0.1) is 0 Å². The number of piperazine rings is 2. The predicted molar refractivity (Wildman–Crippen MR) is 426 cm³/mol. The molecule has 40 heteroatoms. The van der Waals surface area contributed by atoms with E-state index >= 15 is 36.0 Å². The summed E-state index contributed by atoms with van der Waals surface area (Å²) >= 11 is 0. The van der Waals surface area contributed by atoms with Crippen LogP contribution in [0.15, 0.2) is 119 Å². The Hall–Kier alpha value is -8.48. The summed E-state index contributed by atoms with van der Waals surface area (Å²) in [5.41, 5.74) is -4.92. The second-order valence-electron chi connectivity index (χ2n) is 30.6. The van der Waals surface area contributed by atoms with Gasteiger partial charge in [0, 0.05) is 66.0 Å². The molecule has 14 rings (SSSR count). The molecule has 8 fully saturated rings. The van der Waals surface area contributed by atoms with Crippen LogP contribution in [0.3, 0.4) is 0 Å². The van der Waals surface area contributed by atoms with Crippen LogP contribution in [-0.4, -0.2) is 259 Å². The summed E-state index contributed by atoms with van der Waals surface area (Å²) in [7, 11) is -3.48. The predicted octanol–water partition coefficient (Wildman–Crippen LogP) is 6.91. The first-order chi connectivity index (χ1) is 55.2. The summed E-state index contributed by atoms with van der Waals surface area (Å²) in [6, 6.07) is 27.7. The van der Waals surface area contributed by atoms with Crippen molar-refractivity contribution in [3.63, 3.8) is 0 Å². The van der Waals surface area contributed by atoms with Crippen molar-refractivity contribution in [3.05, 3.63) is 120 Å². The number of nitrogens with one attached hydrogen (secondary N) is 4. The number of unbranched alkanes of at least 4 members (excludes halogenated alkanes) is 2. The van der Waals surface area contributed by atoms with E-state index in [-0.39, 0.29) is 162 Å². The number of sulfonamides is 2. The van der Waals surface area contributed by atoms with Gasteiger partial charge in [-0.3, -0.25) is 38.6 Å². The van der Waals surface area contributed by atoms with Crippen molar-refractivity contribution in [2.45, 2.75) is 157 Å². The standard InChI is InChI=1S/C76H96N10O24S6/c1-69(2,3)109-65(93)79-35-41-103-45-43-101-39-33-77-57(87)31-19-21-37-105-67(95)107-49-75-63(91)83-59-71(47-73(83,111-113-75)61(89)81(75)7,53-27-15-17-29-55(53)85(59)115(97,98)51-23-11-9-12-24-51)72-48-74-62(90)82(8)76(114-112-74,64(92)84(74)60(72)86(56-30-18-16-28-54(56)72)116(99,100)52-25-13-10-14-26-52)50-108-68(96)106-38-22-20-32-58(88)78-34-40-102-44-46-104-42-36-80-66(94)110-70(4,5)6/h9-18,23-30,59-60H,19-22,31-50H2,1-8H3,(H,77,87)(H,78,88)(H,79,93)(H,80,94)/t59-,60-,71-,72?,73-,74-,75+,76+/m0/s1. The smallest absolute Gasteiger partial charge is 0.444 e. The van der Waals surface area contributed by atoms with Crippen molar-refractivity contribution in [2.75, 3.05) is 128 Å². The largest absolute Gasteiger partial charge is 0.508 e. The summed E-state index contributed by atoms with van der Waals surface area (Å²) in [6.45, 7) is 11.3. The summed E-state index contributed by atoms with van der Waals surface area (Å²) in [5, 5.41) is 10.7. The van der Waals surface area contributed by atoms with Gasteiger partial charge >= 0.3 is 24.5 Å².